The van der Waals surface area contributed by atoms with Crippen molar-refractivity contribution in [3.63, 3.8) is 0 Å². The third-order valence-corrected chi connectivity index (χ3v) is 10.4. The summed E-state index contributed by atoms with van der Waals surface area (Å²) in [5.74, 6) is -1.15. The fourth-order valence-electron chi connectivity index (χ4n) is 5.53. The van der Waals surface area contributed by atoms with Crippen molar-refractivity contribution in [2.45, 2.75) is 36.2 Å². The fourth-order valence-corrected chi connectivity index (χ4v) is 7.46. The lowest BCUT2D eigenvalue weighted by atomic mass is 10.2. The average molecular weight is 742 g/mol. The van der Waals surface area contributed by atoms with Crippen LogP contribution in [-0.2, 0) is 40.1 Å². The molecule has 0 aromatic heterocycles. The van der Waals surface area contributed by atoms with Crippen LogP contribution < -0.4 is 36.4 Å². The lowest BCUT2D eigenvalue weighted by Crippen LogP contribution is -2.58. The largest absolute Gasteiger partial charge is 0.469 e. The number of ketones is 2. The van der Waals surface area contributed by atoms with Crippen LogP contribution in [0.25, 0.3) is 0 Å². The summed E-state index contributed by atoms with van der Waals surface area (Å²) in [7, 11) is 1.28. The smallest absolute Gasteiger partial charge is 0.407 e. The highest BCUT2D eigenvalue weighted by molar-refractivity contribution is 8.01. The van der Waals surface area contributed by atoms with E-state index in [9.17, 15) is 33.6 Å². The van der Waals surface area contributed by atoms with E-state index in [1.807, 2.05) is 0 Å². The Morgan fingerprint density at radius 2 is 1.47 bits per heavy atom. The van der Waals surface area contributed by atoms with Crippen molar-refractivity contribution >= 4 is 82.1 Å². The van der Waals surface area contributed by atoms with E-state index in [0.717, 1.165) is 11.5 Å². The van der Waals surface area contributed by atoms with Crippen molar-refractivity contribution in [2.24, 2.45) is 0 Å². The maximum atomic E-state index is 14.2. The topological polar surface area (TPSA) is 205 Å². The van der Waals surface area contributed by atoms with Crippen LogP contribution >= 0.6 is 23.5 Å². The van der Waals surface area contributed by atoms with Crippen molar-refractivity contribution in [1.29, 1.82) is 0 Å². The van der Waals surface area contributed by atoms with Crippen molar-refractivity contribution in [3.8, 4) is 0 Å². The van der Waals surface area contributed by atoms with Gasteiger partial charge in [-0.1, -0.05) is 24.3 Å². The van der Waals surface area contributed by atoms with Gasteiger partial charge in [0.05, 0.1) is 31.6 Å². The van der Waals surface area contributed by atoms with Gasteiger partial charge in [0.1, 0.15) is 17.4 Å². The number of nitrogens with zero attached hydrogens (tertiary/aromatic N) is 2. The van der Waals surface area contributed by atoms with Gasteiger partial charge in [-0.05, 0) is 36.2 Å². The molecular weight excluding hydrogens is 703 g/mol. The van der Waals surface area contributed by atoms with Gasteiger partial charge in [-0.2, -0.15) is 0 Å². The Hall–Kier alpha value is -4.65. The molecule has 5 N–H and O–H groups in total. The number of hydrogen-bond donors (Lipinski definition) is 5. The van der Waals surface area contributed by atoms with Crippen LogP contribution in [0.3, 0.4) is 0 Å². The van der Waals surface area contributed by atoms with Crippen LogP contribution in [0.1, 0.15) is 18.4 Å². The van der Waals surface area contributed by atoms with Gasteiger partial charge in [0.15, 0.2) is 17.6 Å². The second-order valence-electron chi connectivity index (χ2n) is 11.6. The molecule has 0 bridgehead atoms. The molecule has 0 aliphatic carbocycles. The van der Waals surface area contributed by atoms with Crippen LogP contribution in [0.4, 0.5) is 26.7 Å². The second kappa shape index (κ2) is 18.0. The van der Waals surface area contributed by atoms with Crippen molar-refractivity contribution < 1.29 is 43.0 Å². The number of esters is 1. The molecule has 2 aromatic rings. The van der Waals surface area contributed by atoms with Gasteiger partial charge >= 0.3 is 18.1 Å². The molecule has 2 fully saturated rings. The first-order chi connectivity index (χ1) is 24.6. The first-order valence-corrected chi connectivity index (χ1v) is 18.4. The van der Waals surface area contributed by atoms with E-state index < -0.39 is 40.7 Å². The van der Waals surface area contributed by atoms with E-state index in [1.54, 1.807) is 48.5 Å². The number of anilines is 3. The van der Waals surface area contributed by atoms with E-state index in [1.165, 1.54) is 40.4 Å². The molecule has 18 heteroatoms. The Kier molecular flexibility index (Phi) is 13.3. The number of Topliss-reactive ketones (excluding diaryl/α,β-unsaturated/α-hetero) is 2. The number of fused-ring (bicyclic) bond motifs is 1. The predicted octanol–water partition coefficient (Wildman–Crippen LogP) is 1.20. The lowest BCUT2D eigenvalue weighted by Gasteiger charge is -2.25. The van der Waals surface area contributed by atoms with Crippen LogP contribution in [0.15, 0.2) is 48.5 Å². The number of rotatable bonds is 14. The molecule has 272 valence electrons. The Balaban J connectivity index is 1.30. The first kappa shape index (κ1) is 37.6. The number of carbonyl (C=O) groups is 7. The monoisotopic (exact) mass is 741 g/mol. The lowest BCUT2D eigenvalue weighted by molar-refractivity contribution is -0.140. The summed E-state index contributed by atoms with van der Waals surface area (Å²) in [6.45, 7) is 0.620. The quantitative estimate of drug-likeness (QED) is 0.105. The average Bonchev–Trinajstić information content (AvgIpc) is 3.87. The third-order valence-electron chi connectivity index (χ3n) is 8.02. The van der Waals surface area contributed by atoms with Crippen LogP contribution in [0, 0.1) is 0 Å². The summed E-state index contributed by atoms with van der Waals surface area (Å²) in [6.07, 6.45) is -0.166. The zero-order valence-corrected chi connectivity index (χ0v) is 29.4. The molecule has 0 radical (unpaired) electrons. The molecule has 3 aliphatic heterocycles. The number of amides is 5. The van der Waals surface area contributed by atoms with Crippen molar-refractivity contribution in [1.82, 2.24) is 21.3 Å². The van der Waals surface area contributed by atoms with E-state index in [2.05, 4.69) is 31.3 Å². The van der Waals surface area contributed by atoms with E-state index in [0.29, 0.717) is 25.1 Å². The minimum absolute atomic E-state index is 0.133. The zero-order valence-electron chi connectivity index (χ0n) is 27.8. The summed E-state index contributed by atoms with van der Waals surface area (Å²) in [6, 6.07) is 10.3. The van der Waals surface area contributed by atoms with Gasteiger partial charge in [-0.25, -0.2) is 9.59 Å². The van der Waals surface area contributed by atoms with Crippen LogP contribution in [0.2, 0.25) is 0 Å². The molecule has 5 rings (SSSR count). The normalized spacial score (nSPS) is 19.9. The Labute approximate surface area is 302 Å². The van der Waals surface area contributed by atoms with Gasteiger partial charge in [-0.15, -0.1) is 23.5 Å². The van der Waals surface area contributed by atoms with E-state index in [-0.39, 0.29) is 67.3 Å². The minimum Gasteiger partial charge on any atom is -0.469 e. The van der Waals surface area contributed by atoms with Gasteiger partial charge in [0.25, 0.3) is 11.8 Å². The second-order valence-corrected chi connectivity index (χ2v) is 14.0. The summed E-state index contributed by atoms with van der Waals surface area (Å²) in [5.41, 5.74) is 1.33. The number of methoxy groups -OCH3 is 1. The Bertz CT molecular complexity index is 1580. The van der Waals surface area contributed by atoms with Crippen LogP contribution in [-0.4, -0.2) is 110 Å². The number of thioether (sulfide) groups is 2. The molecule has 2 aromatic carbocycles. The van der Waals surface area contributed by atoms with Gasteiger partial charge in [-0.3, -0.25) is 34.6 Å². The number of hydrogen-bond acceptors (Lipinski definition) is 13. The molecule has 3 heterocycles. The first-order valence-electron chi connectivity index (χ1n) is 16.3. The van der Waals surface area contributed by atoms with Gasteiger partial charge in [0.2, 0.25) is 0 Å². The maximum absolute atomic E-state index is 14.2. The third kappa shape index (κ3) is 9.99. The summed E-state index contributed by atoms with van der Waals surface area (Å²) in [5, 5.41) is 12.8. The molecule has 2 atom stereocenters. The van der Waals surface area contributed by atoms with Crippen molar-refractivity contribution in [3.05, 3.63) is 54.1 Å². The number of carbonyl (C=O) groups excluding carboxylic acids is 7. The molecule has 3 aliphatic rings. The summed E-state index contributed by atoms with van der Waals surface area (Å²) >= 11 is 2.84. The molecule has 2 saturated heterocycles. The number of urea groups is 1. The highest BCUT2D eigenvalue weighted by Crippen LogP contribution is 2.34. The number of ether oxygens (including phenoxy) is 2. The van der Waals surface area contributed by atoms with E-state index >= 15 is 0 Å². The van der Waals surface area contributed by atoms with Crippen LogP contribution in [0.5, 0.6) is 0 Å². The molecule has 2 unspecified atom stereocenters. The minimum atomic E-state index is -1.78. The molecular formula is C33H39N7O9S2. The predicted molar refractivity (Wildman–Crippen MR) is 191 cm³/mol. The van der Waals surface area contributed by atoms with Gasteiger partial charge in [0, 0.05) is 43.2 Å². The summed E-state index contributed by atoms with van der Waals surface area (Å²) in [4.78, 5) is 94.0. The number of benzene rings is 2. The molecule has 16 nitrogen and oxygen atoms in total. The maximum Gasteiger partial charge on any atom is 0.407 e. The standard InChI is InChI=1S/C33H39N7O9S2/c1-48-26(43)10-5-11-36-33(47)49-19-20-6-4-7-21(16-20)37-32(46)38-27-30(44)39(17-24(41)28-34-12-14-50-28)22-8-2-3-9-23(22)40(31(27)45)18-25(42)29-35-13-15-51-29/h2-4,6-9,16,27-29,34-35H,5,10-15,17-19H2,1H3,(H,36,47)(H2,37,38,46). The zero-order chi connectivity index (χ0) is 36.3. The molecule has 5 amide bonds. The molecule has 0 spiro atoms. The molecule has 0 saturated carbocycles. The number of nitrogens with one attached hydrogen (secondary N) is 5. The SMILES string of the molecule is COC(=O)CCCNC(=O)OCc1cccc(NC(=O)NC2C(=O)N(CC(=O)C3NCCS3)c3ccccc3N(CC(=O)C3NCCS3)C2=O)c1. The Morgan fingerprint density at radius 3 is 2.02 bits per heavy atom. The Morgan fingerprint density at radius 1 is 0.863 bits per heavy atom. The molecule has 51 heavy (non-hydrogen) atoms. The van der Waals surface area contributed by atoms with Crippen molar-refractivity contribution in [2.75, 3.05) is 66.5 Å². The van der Waals surface area contributed by atoms with Gasteiger partial charge < -0.3 is 35.2 Å². The highest BCUT2D eigenvalue weighted by Gasteiger charge is 2.43. The number of para-hydroxylation sites is 2. The fraction of sp³-hybridized carbons (Fsp3) is 0.424. The summed E-state index contributed by atoms with van der Waals surface area (Å²) < 4.78 is 9.77. The highest BCUT2D eigenvalue weighted by atomic mass is 32.2. The number of alkyl carbamates (subject to hydrolysis) is 1. The van der Waals surface area contributed by atoms with E-state index in [4.69, 9.17) is 4.74 Å².